The second kappa shape index (κ2) is 8.48. The highest BCUT2D eigenvalue weighted by atomic mass is 32.2. The van der Waals surface area contributed by atoms with Gasteiger partial charge in [0.2, 0.25) is 10.0 Å². The zero-order chi connectivity index (χ0) is 17.6. The molecule has 1 aromatic rings. The van der Waals surface area contributed by atoms with Crippen molar-refractivity contribution < 1.29 is 17.9 Å². The average molecular weight is 354 g/mol. The number of carbonyl (C=O) groups excluding carboxylic acids is 1. The van der Waals surface area contributed by atoms with E-state index in [1.165, 1.54) is 4.31 Å². The van der Waals surface area contributed by atoms with E-state index in [2.05, 4.69) is 6.92 Å². The molecule has 1 aliphatic rings. The highest BCUT2D eigenvalue weighted by Gasteiger charge is 2.27. The smallest absolute Gasteiger partial charge is 0.253 e. The van der Waals surface area contributed by atoms with E-state index in [9.17, 15) is 13.2 Å². The highest BCUT2D eigenvalue weighted by Crippen LogP contribution is 2.16. The van der Waals surface area contributed by atoms with Crippen LogP contribution < -0.4 is 4.74 Å². The number of ether oxygens (including phenoxy) is 1. The van der Waals surface area contributed by atoms with Crippen LogP contribution in [0, 0.1) is 0 Å². The van der Waals surface area contributed by atoms with Crippen molar-refractivity contribution >= 4 is 15.9 Å². The molecular weight excluding hydrogens is 328 g/mol. The summed E-state index contributed by atoms with van der Waals surface area (Å²) in [6.45, 7) is 5.99. The van der Waals surface area contributed by atoms with Crippen molar-refractivity contribution in [2.24, 2.45) is 0 Å². The summed E-state index contributed by atoms with van der Waals surface area (Å²) in [6.07, 6.45) is 2.09. The predicted molar refractivity (Wildman–Crippen MR) is 93.8 cm³/mol. The molecule has 0 N–H and O–H groups in total. The van der Waals surface area contributed by atoms with Gasteiger partial charge in [-0.3, -0.25) is 4.79 Å². The molecular formula is C17H26N2O4S. The molecule has 1 heterocycles. The predicted octanol–water partition coefficient (Wildman–Crippen LogP) is 1.97. The number of hydrogen-bond donors (Lipinski definition) is 0. The van der Waals surface area contributed by atoms with Crippen molar-refractivity contribution in [3.63, 3.8) is 0 Å². The summed E-state index contributed by atoms with van der Waals surface area (Å²) in [6, 6.07) is 7.14. The number of nitrogens with zero attached hydrogens (tertiary/aromatic N) is 2. The molecule has 0 unspecified atom stereocenters. The lowest BCUT2D eigenvalue weighted by Gasteiger charge is -2.33. The number of unbranched alkanes of at least 4 members (excludes halogenated alkanes) is 1. The van der Waals surface area contributed by atoms with Crippen molar-refractivity contribution in [1.29, 1.82) is 0 Å². The first kappa shape index (κ1) is 18.7. The number of sulfonamides is 1. The van der Waals surface area contributed by atoms with Crippen LogP contribution in [0.1, 0.15) is 37.0 Å². The van der Waals surface area contributed by atoms with E-state index in [1.807, 2.05) is 0 Å². The Bertz CT molecular complexity index is 635. The molecule has 1 amide bonds. The minimum Gasteiger partial charge on any atom is -0.494 e. The summed E-state index contributed by atoms with van der Waals surface area (Å²) in [5, 5.41) is 0. The Hall–Kier alpha value is -1.60. The third kappa shape index (κ3) is 4.70. The van der Waals surface area contributed by atoms with Crippen LogP contribution in [0.25, 0.3) is 0 Å². The summed E-state index contributed by atoms with van der Waals surface area (Å²) < 4.78 is 30.8. The lowest BCUT2D eigenvalue weighted by atomic mass is 10.2. The summed E-state index contributed by atoms with van der Waals surface area (Å²) in [5.74, 6) is 0.794. The van der Waals surface area contributed by atoms with Gasteiger partial charge in [0.05, 0.1) is 12.4 Å². The van der Waals surface area contributed by atoms with Gasteiger partial charge in [-0.1, -0.05) is 13.3 Å². The largest absolute Gasteiger partial charge is 0.494 e. The van der Waals surface area contributed by atoms with Crippen molar-refractivity contribution in [2.45, 2.75) is 26.7 Å². The standard InChI is InChI=1S/C17H26N2O4S/c1-3-5-14-23-16-8-6-15(7-9-16)17(20)18-10-12-19(13-11-18)24(21,22)4-2/h6-9H,3-5,10-14H2,1-2H3. The number of carbonyl (C=O) groups is 1. The molecule has 1 saturated heterocycles. The van der Waals surface area contributed by atoms with Crippen LogP contribution in [0.2, 0.25) is 0 Å². The van der Waals surface area contributed by atoms with Crippen LogP contribution in [0.5, 0.6) is 5.75 Å². The maximum Gasteiger partial charge on any atom is 0.253 e. The van der Waals surface area contributed by atoms with E-state index >= 15 is 0 Å². The van der Waals surface area contributed by atoms with Gasteiger partial charge in [0.15, 0.2) is 0 Å². The van der Waals surface area contributed by atoms with Crippen molar-refractivity contribution in [1.82, 2.24) is 9.21 Å². The fourth-order valence-electron chi connectivity index (χ4n) is 2.56. The van der Waals surface area contributed by atoms with Crippen LogP contribution >= 0.6 is 0 Å². The second-order valence-corrected chi connectivity index (χ2v) is 8.08. The molecule has 6 nitrogen and oxygen atoms in total. The lowest BCUT2D eigenvalue weighted by molar-refractivity contribution is 0.0698. The van der Waals surface area contributed by atoms with E-state index in [0.29, 0.717) is 38.3 Å². The molecule has 0 aromatic heterocycles. The van der Waals surface area contributed by atoms with Gasteiger partial charge >= 0.3 is 0 Å². The Labute approximate surface area is 144 Å². The summed E-state index contributed by atoms with van der Waals surface area (Å²) in [4.78, 5) is 14.2. The second-order valence-electron chi connectivity index (χ2n) is 5.82. The molecule has 0 bridgehead atoms. The third-order valence-corrected chi connectivity index (χ3v) is 6.03. The summed E-state index contributed by atoms with van der Waals surface area (Å²) in [5.41, 5.74) is 0.602. The number of rotatable bonds is 7. The van der Waals surface area contributed by atoms with Crippen LogP contribution in [0.3, 0.4) is 0 Å². The third-order valence-electron chi connectivity index (χ3n) is 4.15. The molecule has 7 heteroatoms. The zero-order valence-electron chi connectivity index (χ0n) is 14.4. The Balaban J connectivity index is 1.91. The minimum atomic E-state index is -3.17. The van der Waals surface area contributed by atoms with Gasteiger partial charge < -0.3 is 9.64 Å². The van der Waals surface area contributed by atoms with E-state index in [0.717, 1.165) is 18.6 Å². The monoisotopic (exact) mass is 354 g/mol. The Morgan fingerprint density at radius 2 is 1.71 bits per heavy atom. The first-order valence-electron chi connectivity index (χ1n) is 8.48. The Morgan fingerprint density at radius 3 is 2.25 bits per heavy atom. The number of benzene rings is 1. The van der Waals surface area contributed by atoms with E-state index in [1.54, 1.807) is 36.1 Å². The van der Waals surface area contributed by atoms with Gasteiger partial charge in [-0.25, -0.2) is 8.42 Å². The van der Waals surface area contributed by atoms with Crippen LogP contribution in [0.4, 0.5) is 0 Å². The van der Waals surface area contributed by atoms with Gasteiger partial charge in [0.1, 0.15) is 5.75 Å². The molecule has 1 aromatic carbocycles. The number of amides is 1. The van der Waals surface area contributed by atoms with Crippen LogP contribution in [-0.4, -0.2) is 62.1 Å². The fraction of sp³-hybridized carbons (Fsp3) is 0.588. The maximum absolute atomic E-state index is 12.5. The van der Waals surface area contributed by atoms with Crippen LogP contribution in [0.15, 0.2) is 24.3 Å². The average Bonchev–Trinajstić information content (AvgIpc) is 2.62. The summed E-state index contributed by atoms with van der Waals surface area (Å²) >= 11 is 0. The quantitative estimate of drug-likeness (QED) is 0.702. The zero-order valence-corrected chi connectivity index (χ0v) is 15.2. The van der Waals surface area contributed by atoms with Gasteiger partial charge in [-0.2, -0.15) is 4.31 Å². The molecule has 0 atom stereocenters. The Kier molecular flexibility index (Phi) is 6.62. The van der Waals surface area contributed by atoms with Crippen LogP contribution in [-0.2, 0) is 10.0 Å². The number of piperazine rings is 1. The fourth-order valence-corrected chi connectivity index (χ4v) is 3.65. The topological polar surface area (TPSA) is 66.9 Å². The SMILES string of the molecule is CCCCOc1ccc(C(=O)N2CCN(S(=O)(=O)CC)CC2)cc1. The lowest BCUT2D eigenvalue weighted by Crippen LogP contribution is -2.50. The molecule has 134 valence electrons. The van der Waals surface area contributed by atoms with E-state index in [4.69, 9.17) is 4.74 Å². The first-order valence-corrected chi connectivity index (χ1v) is 10.1. The number of hydrogen-bond acceptors (Lipinski definition) is 4. The maximum atomic E-state index is 12.5. The first-order chi connectivity index (χ1) is 11.5. The molecule has 0 saturated carbocycles. The van der Waals surface area contributed by atoms with Gasteiger partial charge in [0, 0.05) is 31.7 Å². The van der Waals surface area contributed by atoms with Crippen molar-refractivity contribution in [3.8, 4) is 5.75 Å². The van der Waals surface area contributed by atoms with Crippen molar-refractivity contribution in [2.75, 3.05) is 38.5 Å². The van der Waals surface area contributed by atoms with E-state index in [-0.39, 0.29) is 11.7 Å². The van der Waals surface area contributed by atoms with E-state index < -0.39 is 10.0 Å². The molecule has 24 heavy (non-hydrogen) atoms. The highest BCUT2D eigenvalue weighted by molar-refractivity contribution is 7.89. The minimum absolute atomic E-state index is 0.0661. The van der Waals surface area contributed by atoms with Gasteiger partial charge in [-0.15, -0.1) is 0 Å². The Morgan fingerprint density at radius 1 is 1.08 bits per heavy atom. The normalized spacial score (nSPS) is 16.2. The molecule has 0 aliphatic carbocycles. The van der Waals surface area contributed by atoms with Gasteiger partial charge in [-0.05, 0) is 37.6 Å². The molecule has 1 aliphatic heterocycles. The molecule has 2 rings (SSSR count). The molecule has 0 radical (unpaired) electrons. The summed E-state index contributed by atoms with van der Waals surface area (Å²) in [7, 11) is -3.17. The van der Waals surface area contributed by atoms with Gasteiger partial charge in [0.25, 0.3) is 5.91 Å². The molecule has 0 spiro atoms. The van der Waals surface area contributed by atoms with Crippen molar-refractivity contribution in [3.05, 3.63) is 29.8 Å². The molecule has 1 fully saturated rings.